The van der Waals surface area contributed by atoms with Gasteiger partial charge in [0.25, 0.3) is 0 Å². The van der Waals surface area contributed by atoms with E-state index in [1.165, 1.54) is 0 Å². The van der Waals surface area contributed by atoms with Crippen molar-refractivity contribution in [1.82, 2.24) is 15.0 Å². The number of aryl methyl sites for hydroxylation is 2. The van der Waals surface area contributed by atoms with Gasteiger partial charge in [-0.2, -0.15) is 4.98 Å². The standard InChI is InChI=1S/C15H20N4O/c1-4-8-20-14-9-12(3)18-15(19-14)16-10-13-7-5-6-11(2)17-13/h5-7,9H,4,8,10H2,1-3H3,(H,16,18,19). The summed E-state index contributed by atoms with van der Waals surface area (Å²) in [6.07, 6.45) is 0.957. The fourth-order valence-electron chi connectivity index (χ4n) is 1.77. The van der Waals surface area contributed by atoms with Crippen molar-refractivity contribution in [3.8, 4) is 5.88 Å². The van der Waals surface area contributed by atoms with Gasteiger partial charge in [-0.1, -0.05) is 13.0 Å². The van der Waals surface area contributed by atoms with E-state index in [-0.39, 0.29) is 0 Å². The lowest BCUT2D eigenvalue weighted by Crippen LogP contribution is -2.07. The number of pyridine rings is 1. The van der Waals surface area contributed by atoms with Gasteiger partial charge in [-0.3, -0.25) is 4.98 Å². The van der Waals surface area contributed by atoms with Crippen LogP contribution < -0.4 is 10.1 Å². The summed E-state index contributed by atoms with van der Waals surface area (Å²) in [6, 6.07) is 7.78. The Kier molecular flexibility index (Phi) is 4.87. The highest BCUT2D eigenvalue weighted by Crippen LogP contribution is 2.13. The number of nitrogens with one attached hydrogen (secondary N) is 1. The Labute approximate surface area is 119 Å². The van der Waals surface area contributed by atoms with Crippen molar-refractivity contribution in [2.75, 3.05) is 11.9 Å². The van der Waals surface area contributed by atoms with Gasteiger partial charge in [0.05, 0.1) is 18.8 Å². The van der Waals surface area contributed by atoms with E-state index in [2.05, 4.69) is 27.2 Å². The Balaban J connectivity index is 2.03. The van der Waals surface area contributed by atoms with Gasteiger partial charge in [-0.05, 0) is 32.4 Å². The zero-order valence-electron chi connectivity index (χ0n) is 12.2. The third kappa shape index (κ3) is 4.19. The first-order valence-corrected chi connectivity index (χ1v) is 6.82. The lowest BCUT2D eigenvalue weighted by molar-refractivity contribution is 0.305. The van der Waals surface area contributed by atoms with Crippen LogP contribution in [-0.2, 0) is 6.54 Å². The van der Waals surface area contributed by atoms with Crippen LogP contribution in [0.2, 0.25) is 0 Å². The van der Waals surface area contributed by atoms with Gasteiger partial charge in [-0.15, -0.1) is 0 Å². The van der Waals surface area contributed by atoms with Crippen molar-refractivity contribution in [3.05, 3.63) is 41.3 Å². The molecule has 0 aromatic carbocycles. The van der Waals surface area contributed by atoms with E-state index < -0.39 is 0 Å². The lowest BCUT2D eigenvalue weighted by Gasteiger charge is -2.09. The molecule has 2 aromatic heterocycles. The van der Waals surface area contributed by atoms with E-state index in [1.807, 2.05) is 38.1 Å². The molecule has 5 heteroatoms. The molecule has 0 unspecified atom stereocenters. The molecule has 0 radical (unpaired) electrons. The third-order valence-corrected chi connectivity index (χ3v) is 2.66. The molecular formula is C15H20N4O. The summed E-state index contributed by atoms with van der Waals surface area (Å²) < 4.78 is 5.54. The maximum absolute atomic E-state index is 5.54. The highest BCUT2D eigenvalue weighted by Gasteiger charge is 2.03. The summed E-state index contributed by atoms with van der Waals surface area (Å²) >= 11 is 0. The van der Waals surface area contributed by atoms with Gasteiger partial charge in [-0.25, -0.2) is 4.98 Å². The minimum absolute atomic E-state index is 0.569. The fraction of sp³-hybridized carbons (Fsp3) is 0.400. The molecule has 0 aliphatic carbocycles. The van der Waals surface area contributed by atoms with Gasteiger partial charge < -0.3 is 10.1 Å². The monoisotopic (exact) mass is 272 g/mol. The number of anilines is 1. The quantitative estimate of drug-likeness (QED) is 0.876. The Morgan fingerprint density at radius 1 is 1.10 bits per heavy atom. The van der Waals surface area contributed by atoms with Crippen LogP contribution in [0.4, 0.5) is 5.95 Å². The van der Waals surface area contributed by atoms with Crippen LogP contribution in [0.1, 0.15) is 30.4 Å². The molecule has 0 atom stereocenters. The SMILES string of the molecule is CCCOc1cc(C)nc(NCc2cccc(C)n2)n1. The van der Waals surface area contributed by atoms with Gasteiger partial charge in [0.2, 0.25) is 11.8 Å². The van der Waals surface area contributed by atoms with Gasteiger partial charge in [0, 0.05) is 17.5 Å². The largest absolute Gasteiger partial charge is 0.478 e. The zero-order chi connectivity index (χ0) is 14.4. The molecule has 2 heterocycles. The Hall–Kier alpha value is -2.17. The van der Waals surface area contributed by atoms with Crippen molar-refractivity contribution < 1.29 is 4.74 Å². The molecule has 106 valence electrons. The fourth-order valence-corrected chi connectivity index (χ4v) is 1.77. The molecule has 20 heavy (non-hydrogen) atoms. The van der Waals surface area contributed by atoms with Crippen LogP contribution in [0.15, 0.2) is 24.3 Å². The molecule has 0 aliphatic rings. The molecule has 1 N–H and O–H groups in total. The van der Waals surface area contributed by atoms with E-state index >= 15 is 0 Å². The molecule has 0 spiro atoms. The summed E-state index contributed by atoms with van der Waals surface area (Å²) in [7, 11) is 0. The van der Waals surface area contributed by atoms with E-state index in [0.717, 1.165) is 23.5 Å². The topological polar surface area (TPSA) is 59.9 Å². The molecule has 5 nitrogen and oxygen atoms in total. The average molecular weight is 272 g/mol. The minimum Gasteiger partial charge on any atom is -0.478 e. The van der Waals surface area contributed by atoms with E-state index in [0.29, 0.717) is 25.0 Å². The Bertz CT molecular complexity index is 572. The van der Waals surface area contributed by atoms with Crippen molar-refractivity contribution in [3.63, 3.8) is 0 Å². The second-order valence-electron chi connectivity index (χ2n) is 4.64. The predicted molar refractivity (Wildman–Crippen MR) is 78.9 cm³/mol. The second-order valence-corrected chi connectivity index (χ2v) is 4.64. The van der Waals surface area contributed by atoms with Gasteiger partial charge in [0.1, 0.15) is 0 Å². The van der Waals surface area contributed by atoms with E-state index in [9.17, 15) is 0 Å². The number of hydrogen-bond donors (Lipinski definition) is 1. The van der Waals surface area contributed by atoms with Gasteiger partial charge >= 0.3 is 0 Å². The summed E-state index contributed by atoms with van der Waals surface area (Å²) in [5, 5.41) is 3.18. The molecule has 2 aromatic rings. The highest BCUT2D eigenvalue weighted by atomic mass is 16.5. The lowest BCUT2D eigenvalue weighted by atomic mass is 10.3. The maximum Gasteiger partial charge on any atom is 0.226 e. The minimum atomic E-state index is 0.569. The van der Waals surface area contributed by atoms with Crippen molar-refractivity contribution >= 4 is 5.95 Å². The summed E-state index contributed by atoms with van der Waals surface area (Å²) in [5.74, 6) is 1.18. The highest BCUT2D eigenvalue weighted by molar-refractivity contribution is 5.31. The van der Waals surface area contributed by atoms with Crippen molar-refractivity contribution in [2.24, 2.45) is 0 Å². The van der Waals surface area contributed by atoms with Crippen molar-refractivity contribution in [1.29, 1.82) is 0 Å². The summed E-state index contributed by atoms with van der Waals surface area (Å²) in [6.45, 7) is 7.23. The molecule has 0 saturated carbocycles. The predicted octanol–water partition coefficient (Wildman–Crippen LogP) is 2.89. The van der Waals surface area contributed by atoms with Crippen LogP contribution in [0, 0.1) is 13.8 Å². The van der Waals surface area contributed by atoms with Crippen LogP contribution in [0.5, 0.6) is 5.88 Å². The van der Waals surface area contributed by atoms with E-state index in [1.54, 1.807) is 0 Å². The zero-order valence-corrected chi connectivity index (χ0v) is 12.2. The number of rotatable bonds is 6. The first kappa shape index (κ1) is 14.2. The Morgan fingerprint density at radius 2 is 1.95 bits per heavy atom. The molecule has 0 bridgehead atoms. The number of aromatic nitrogens is 3. The molecule has 2 rings (SSSR count). The molecular weight excluding hydrogens is 252 g/mol. The smallest absolute Gasteiger partial charge is 0.226 e. The van der Waals surface area contributed by atoms with Crippen molar-refractivity contribution in [2.45, 2.75) is 33.7 Å². The molecule has 0 aliphatic heterocycles. The van der Waals surface area contributed by atoms with Gasteiger partial charge in [0.15, 0.2) is 0 Å². The van der Waals surface area contributed by atoms with Crippen LogP contribution >= 0.6 is 0 Å². The summed E-state index contributed by atoms with van der Waals surface area (Å²) in [5.41, 5.74) is 2.85. The van der Waals surface area contributed by atoms with Crippen LogP contribution in [0.25, 0.3) is 0 Å². The number of ether oxygens (including phenoxy) is 1. The Morgan fingerprint density at radius 3 is 2.70 bits per heavy atom. The molecule has 0 fully saturated rings. The van der Waals surface area contributed by atoms with Crippen LogP contribution in [-0.4, -0.2) is 21.6 Å². The summed E-state index contributed by atoms with van der Waals surface area (Å²) in [4.78, 5) is 13.1. The molecule has 0 amide bonds. The number of nitrogens with zero attached hydrogens (tertiary/aromatic N) is 3. The van der Waals surface area contributed by atoms with Crippen LogP contribution in [0.3, 0.4) is 0 Å². The first-order chi connectivity index (χ1) is 9.67. The number of hydrogen-bond acceptors (Lipinski definition) is 5. The first-order valence-electron chi connectivity index (χ1n) is 6.82. The molecule has 0 saturated heterocycles. The van der Waals surface area contributed by atoms with E-state index in [4.69, 9.17) is 4.74 Å². The maximum atomic E-state index is 5.54. The normalized spacial score (nSPS) is 10.3. The third-order valence-electron chi connectivity index (χ3n) is 2.66. The average Bonchev–Trinajstić information content (AvgIpc) is 2.42. The second kappa shape index (κ2) is 6.84.